The summed E-state index contributed by atoms with van der Waals surface area (Å²) < 4.78 is 5.54. The van der Waals surface area contributed by atoms with Gasteiger partial charge in [0, 0.05) is 12.0 Å². The topological polar surface area (TPSA) is 51.2 Å². The first-order chi connectivity index (χ1) is 8.67. The molecule has 4 atom stereocenters. The van der Waals surface area contributed by atoms with Crippen molar-refractivity contribution in [2.75, 3.05) is 0 Å². The fourth-order valence-corrected chi connectivity index (χ4v) is 3.29. The van der Waals surface area contributed by atoms with Gasteiger partial charge in [-0.1, -0.05) is 27.2 Å². The van der Waals surface area contributed by atoms with Crippen LogP contribution >= 0.6 is 0 Å². The number of hydrogen-bond donors (Lipinski definition) is 2. The summed E-state index contributed by atoms with van der Waals surface area (Å²) >= 11 is 0. The molecule has 0 bridgehead atoms. The quantitative estimate of drug-likeness (QED) is 0.636. The van der Waals surface area contributed by atoms with Crippen LogP contribution in [0.3, 0.4) is 0 Å². The predicted molar refractivity (Wildman–Crippen MR) is 73.8 cm³/mol. The largest absolute Gasteiger partial charge is 0.469 e. The Balaban J connectivity index is 2.14. The maximum absolute atomic E-state index is 5.81. The Labute approximate surface area is 110 Å². The molecular formula is C15H26N2O. The van der Waals surface area contributed by atoms with E-state index < -0.39 is 0 Å². The molecule has 18 heavy (non-hydrogen) atoms. The summed E-state index contributed by atoms with van der Waals surface area (Å²) in [6.45, 7) is 6.85. The van der Waals surface area contributed by atoms with Crippen LogP contribution in [-0.4, -0.2) is 0 Å². The molecule has 1 saturated carbocycles. The van der Waals surface area contributed by atoms with Crippen LogP contribution in [0, 0.1) is 17.8 Å². The van der Waals surface area contributed by atoms with Crippen molar-refractivity contribution in [2.24, 2.45) is 23.6 Å². The van der Waals surface area contributed by atoms with Crippen molar-refractivity contribution in [3.63, 3.8) is 0 Å². The van der Waals surface area contributed by atoms with Crippen molar-refractivity contribution in [1.82, 2.24) is 5.43 Å². The number of nitrogens with two attached hydrogens (primary N) is 1. The molecule has 1 fully saturated rings. The SMILES string of the molecule is CCc1occc1C(NN)C1CCC(C)C(C)C1. The maximum Gasteiger partial charge on any atom is 0.108 e. The molecular weight excluding hydrogens is 224 g/mol. The maximum atomic E-state index is 5.81. The zero-order chi connectivity index (χ0) is 13.1. The summed E-state index contributed by atoms with van der Waals surface area (Å²) in [6.07, 6.45) is 6.54. The lowest BCUT2D eigenvalue weighted by Crippen LogP contribution is -2.37. The molecule has 2 rings (SSSR count). The molecule has 0 aliphatic heterocycles. The van der Waals surface area contributed by atoms with E-state index in [0.717, 1.165) is 24.0 Å². The minimum absolute atomic E-state index is 0.244. The molecule has 3 N–H and O–H groups in total. The number of hydrogen-bond acceptors (Lipinski definition) is 3. The highest BCUT2D eigenvalue weighted by Gasteiger charge is 2.32. The average Bonchev–Trinajstić information content (AvgIpc) is 2.83. The molecule has 0 saturated heterocycles. The van der Waals surface area contributed by atoms with Crippen LogP contribution in [0.15, 0.2) is 16.7 Å². The molecule has 102 valence electrons. The number of rotatable bonds is 4. The van der Waals surface area contributed by atoms with Crippen molar-refractivity contribution in [3.8, 4) is 0 Å². The normalized spacial score (nSPS) is 30.3. The second-order valence-electron chi connectivity index (χ2n) is 5.82. The van der Waals surface area contributed by atoms with Crippen LogP contribution in [0.2, 0.25) is 0 Å². The number of hydrazine groups is 1. The van der Waals surface area contributed by atoms with Crippen LogP contribution in [0.4, 0.5) is 0 Å². The van der Waals surface area contributed by atoms with Crippen LogP contribution < -0.4 is 11.3 Å². The van der Waals surface area contributed by atoms with Crippen LogP contribution in [0.5, 0.6) is 0 Å². The lowest BCUT2D eigenvalue weighted by atomic mass is 9.72. The highest BCUT2D eigenvalue weighted by molar-refractivity contribution is 5.22. The molecule has 1 aliphatic carbocycles. The van der Waals surface area contributed by atoms with E-state index in [-0.39, 0.29) is 6.04 Å². The molecule has 1 aromatic heterocycles. The minimum atomic E-state index is 0.244. The van der Waals surface area contributed by atoms with Crippen LogP contribution in [0.1, 0.15) is 57.4 Å². The molecule has 0 aromatic carbocycles. The van der Waals surface area contributed by atoms with E-state index in [9.17, 15) is 0 Å². The van der Waals surface area contributed by atoms with Gasteiger partial charge in [-0.25, -0.2) is 0 Å². The average molecular weight is 250 g/mol. The van der Waals surface area contributed by atoms with Crippen molar-refractivity contribution in [3.05, 3.63) is 23.7 Å². The summed E-state index contributed by atoms with van der Waals surface area (Å²) in [7, 11) is 0. The molecule has 0 radical (unpaired) electrons. The van der Waals surface area contributed by atoms with E-state index in [2.05, 4.69) is 32.3 Å². The van der Waals surface area contributed by atoms with Gasteiger partial charge in [0.2, 0.25) is 0 Å². The molecule has 1 aliphatic rings. The first-order valence-electron chi connectivity index (χ1n) is 7.19. The third-order valence-corrected chi connectivity index (χ3v) is 4.73. The third-order valence-electron chi connectivity index (χ3n) is 4.73. The summed E-state index contributed by atoms with van der Waals surface area (Å²) in [5.74, 6) is 9.14. The lowest BCUT2D eigenvalue weighted by Gasteiger charge is -2.36. The van der Waals surface area contributed by atoms with Crippen molar-refractivity contribution < 1.29 is 4.42 Å². The van der Waals surface area contributed by atoms with Gasteiger partial charge in [-0.05, 0) is 36.7 Å². The Hall–Kier alpha value is -0.800. The van der Waals surface area contributed by atoms with Crippen molar-refractivity contribution in [1.29, 1.82) is 0 Å². The third kappa shape index (κ3) is 2.62. The first-order valence-corrected chi connectivity index (χ1v) is 7.19. The van der Waals surface area contributed by atoms with E-state index in [0.29, 0.717) is 5.92 Å². The molecule has 4 unspecified atom stereocenters. The fourth-order valence-electron chi connectivity index (χ4n) is 3.29. The molecule has 0 amide bonds. The van der Waals surface area contributed by atoms with Gasteiger partial charge in [-0.2, -0.15) is 0 Å². The zero-order valence-corrected chi connectivity index (χ0v) is 11.8. The Kier molecular flexibility index (Phi) is 4.46. The Bertz CT molecular complexity index is 374. The van der Waals surface area contributed by atoms with Gasteiger partial charge in [0.1, 0.15) is 5.76 Å². The number of furan rings is 1. The second-order valence-corrected chi connectivity index (χ2v) is 5.82. The van der Waals surface area contributed by atoms with Crippen LogP contribution in [-0.2, 0) is 6.42 Å². The number of aryl methyl sites for hydroxylation is 1. The lowest BCUT2D eigenvalue weighted by molar-refractivity contribution is 0.170. The summed E-state index contributed by atoms with van der Waals surface area (Å²) in [6, 6.07) is 2.32. The summed E-state index contributed by atoms with van der Waals surface area (Å²) in [5.41, 5.74) is 4.28. The zero-order valence-electron chi connectivity index (χ0n) is 11.8. The second kappa shape index (κ2) is 5.89. The first kappa shape index (κ1) is 13.6. The Morgan fingerprint density at radius 1 is 1.39 bits per heavy atom. The standard InChI is InChI=1S/C15H26N2O/c1-4-14-13(7-8-18-14)15(17-16)12-6-5-10(2)11(3)9-12/h7-8,10-12,15,17H,4-6,9,16H2,1-3H3. The smallest absolute Gasteiger partial charge is 0.108 e. The minimum Gasteiger partial charge on any atom is -0.469 e. The molecule has 1 heterocycles. The van der Waals surface area contributed by atoms with Gasteiger partial charge in [-0.15, -0.1) is 0 Å². The Morgan fingerprint density at radius 3 is 2.78 bits per heavy atom. The molecule has 3 heteroatoms. The molecule has 1 aromatic rings. The van der Waals surface area contributed by atoms with E-state index in [1.807, 2.05) is 0 Å². The number of nitrogens with one attached hydrogen (secondary N) is 1. The van der Waals surface area contributed by atoms with Gasteiger partial charge in [0.05, 0.1) is 12.3 Å². The van der Waals surface area contributed by atoms with E-state index in [4.69, 9.17) is 10.3 Å². The van der Waals surface area contributed by atoms with Crippen molar-refractivity contribution >= 4 is 0 Å². The van der Waals surface area contributed by atoms with E-state index >= 15 is 0 Å². The van der Waals surface area contributed by atoms with E-state index in [1.165, 1.54) is 24.8 Å². The Morgan fingerprint density at radius 2 is 2.17 bits per heavy atom. The van der Waals surface area contributed by atoms with Crippen molar-refractivity contribution in [2.45, 2.75) is 52.5 Å². The van der Waals surface area contributed by atoms with Gasteiger partial charge < -0.3 is 4.42 Å². The van der Waals surface area contributed by atoms with Crippen LogP contribution in [0.25, 0.3) is 0 Å². The highest BCUT2D eigenvalue weighted by Crippen LogP contribution is 2.40. The van der Waals surface area contributed by atoms with Gasteiger partial charge >= 0.3 is 0 Å². The molecule has 0 spiro atoms. The van der Waals surface area contributed by atoms with E-state index in [1.54, 1.807) is 6.26 Å². The van der Waals surface area contributed by atoms with Gasteiger partial charge in [-0.3, -0.25) is 11.3 Å². The summed E-state index contributed by atoms with van der Waals surface area (Å²) in [4.78, 5) is 0. The molecule has 3 nitrogen and oxygen atoms in total. The van der Waals surface area contributed by atoms with Gasteiger partial charge in [0.25, 0.3) is 0 Å². The highest BCUT2D eigenvalue weighted by atomic mass is 16.3. The van der Waals surface area contributed by atoms with Gasteiger partial charge in [0.15, 0.2) is 0 Å². The summed E-state index contributed by atoms with van der Waals surface area (Å²) in [5, 5.41) is 0. The predicted octanol–water partition coefficient (Wildman–Crippen LogP) is 3.42. The monoisotopic (exact) mass is 250 g/mol. The fraction of sp³-hybridized carbons (Fsp3) is 0.733.